The van der Waals surface area contributed by atoms with Crippen molar-refractivity contribution >= 4 is 40.5 Å². The predicted molar refractivity (Wildman–Crippen MR) is 159 cm³/mol. The van der Waals surface area contributed by atoms with Gasteiger partial charge in [0.15, 0.2) is 5.96 Å². The van der Waals surface area contributed by atoms with Crippen molar-refractivity contribution in [2.75, 3.05) is 25.1 Å². The molecule has 2 unspecified atom stereocenters. The number of hydrogen-bond donors (Lipinski definition) is 7. The molecule has 19 heteroatoms. The fourth-order valence-electron chi connectivity index (χ4n) is 4.11. The number of halogens is 6. The maximum absolute atomic E-state index is 12.8. The van der Waals surface area contributed by atoms with E-state index in [1.807, 2.05) is 25.1 Å². The number of alkyl halides is 6. The SMILES string of the molecule is CCCCOCCCNC(=O)c1nc(NC2CCCCC2NC(=N)N)c2cc(C)ccc2n1.O=C(O)C(F)(F)F.O=C(O)C(F)(F)F. The summed E-state index contributed by atoms with van der Waals surface area (Å²) in [5.41, 5.74) is 7.42. The number of benzene rings is 1. The van der Waals surface area contributed by atoms with Gasteiger partial charge in [-0.2, -0.15) is 26.3 Å². The van der Waals surface area contributed by atoms with E-state index in [2.05, 4.69) is 32.8 Å². The number of amides is 1. The Balaban J connectivity index is 0.000000658. The Morgan fingerprint density at radius 2 is 1.53 bits per heavy atom. The zero-order valence-electron chi connectivity index (χ0n) is 25.7. The second-order valence-electron chi connectivity index (χ2n) is 10.3. The lowest BCUT2D eigenvalue weighted by molar-refractivity contribution is -0.193. The number of hydrogen-bond acceptors (Lipinski definition) is 8. The molecule has 0 radical (unpaired) electrons. The first-order chi connectivity index (χ1) is 21.9. The molecule has 0 aliphatic heterocycles. The molecule has 0 bridgehead atoms. The number of ether oxygens (including phenoxy) is 1. The van der Waals surface area contributed by atoms with Gasteiger partial charge in [-0.05, 0) is 44.7 Å². The van der Waals surface area contributed by atoms with Gasteiger partial charge in [-0.1, -0.05) is 37.8 Å². The normalized spacial score (nSPS) is 16.1. The van der Waals surface area contributed by atoms with Crippen LogP contribution in [0.5, 0.6) is 0 Å². The summed E-state index contributed by atoms with van der Waals surface area (Å²) in [7, 11) is 0. The fourth-order valence-corrected chi connectivity index (χ4v) is 4.11. The van der Waals surface area contributed by atoms with Crippen LogP contribution in [-0.4, -0.2) is 88.2 Å². The van der Waals surface area contributed by atoms with Crippen LogP contribution in [0.2, 0.25) is 0 Å². The van der Waals surface area contributed by atoms with E-state index in [0.29, 0.717) is 19.0 Å². The smallest absolute Gasteiger partial charge is 0.475 e. The molecular weight excluding hydrogens is 644 g/mol. The van der Waals surface area contributed by atoms with Crippen molar-refractivity contribution in [1.82, 2.24) is 20.6 Å². The Hall–Kier alpha value is -4.42. The molecule has 8 N–H and O–H groups in total. The van der Waals surface area contributed by atoms with E-state index in [-0.39, 0.29) is 29.8 Å². The molecular formula is C28H39F6N7O6. The minimum absolute atomic E-state index is 0.0316. The molecule has 1 heterocycles. The van der Waals surface area contributed by atoms with Crippen LogP contribution in [0.15, 0.2) is 18.2 Å². The number of carboxylic acid groups (broad SMARTS) is 2. The molecule has 0 saturated heterocycles. The third kappa shape index (κ3) is 15.6. The van der Waals surface area contributed by atoms with E-state index in [0.717, 1.165) is 68.0 Å². The maximum atomic E-state index is 12.8. The van der Waals surface area contributed by atoms with Gasteiger partial charge < -0.3 is 36.6 Å². The molecule has 1 aliphatic carbocycles. The molecule has 1 fully saturated rings. The average molecular weight is 684 g/mol. The molecule has 3 rings (SSSR count). The van der Waals surface area contributed by atoms with Gasteiger partial charge >= 0.3 is 24.3 Å². The second kappa shape index (κ2) is 19.3. The van der Waals surface area contributed by atoms with Gasteiger partial charge in [0, 0.05) is 37.2 Å². The molecule has 1 aromatic heterocycles. The van der Waals surface area contributed by atoms with Crippen LogP contribution >= 0.6 is 0 Å². The van der Waals surface area contributed by atoms with Gasteiger partial charge in [-0.15, -0.1) is 0 Å². The number of unbranched alkanes of at least 4 members (excludes halogenated alkanes) is 1. The van der Waals surface area contributed by atoms with Gasteiger partial charge in [0.2, 0.25) is 5.82 Å². The summed E-state index contributed by atoms with van der Waals surface area (Å²) < 4.78 is 69.0. The Kier molecular flexibility index (Phi) is 16.7. The van der Waals surface area contributed by atoms with E-state index >= 15 is 0 Å². The highest BCUT2D eigenvalue weighted by Crippen LogP contribution is 2.27. The lowest BCUT2D eigenvalue weighted by Gasteiger charge is -2.33. The summed E-state index contributed by atoms with van der Waals surface area (Å²) in [6, 6.07) is 6.02. The number of nitrogens with zero attached hydrogens (tertiary/aromatic N) is 2. The number of guanidine groups is 1. The van der Waals surface area contributed by atoms with E-state index in [1.165, 1.54) is 0 Å². The highest BCUT2D eigenvalue weighted by molar-refractivity contribution is 5.96. The van der Waals surface area contributed by atoms with Crippen molar-refractivity contribution in [2.24, 2.45) is 5.73 Å². The second-order valence-corrected chi connectivity index (χ2v) is 10.3. The Bertz CT molecular complexity index is 1320. The minimum Gasteiger partial charge on any atom is -0.475 e. The van der Waals surface area contributed by atoms with Crippen LogP contribution in [0.4, 0.5) is 32.2 Å². The summed E-state index contributed by atoms with van der Waals surface area (Å²) in [4.78, 5) is 39.7. The van der Waals surface area contributed by atoms with Crippen LogP contribution in [0.3, 0.4) is 0 Å². The number of anilines is 1. The van der Waals surface area contributed by atoms with E-state index in [4.69, 9.17) is 35.7 Å². The first-order valence-corrected chi connectivity index (χ1v) is 14.5. The minimum atomic E-state index is -5.08. The van der Waals surface area contributed by atoms with Gasteiger partial charge in [0.05, 0.1) is 5.52 Å². The zero-order valence-corrected chi connectivity index (χ0v) is 25.7. The first-order valence-electron chi connectivity index (χ1n) is 14.5. The molecule has 2 atom stereocenters. The Morgan fingerprint density at radius 3 is 2.06 bits per heavy atom. The average Bonchev–Trinajstić information content (AvgIpc) is 2.97. The number of nitrogens with one attached hydrogen (secondary N) is 4. The topological polar surface area (TPSA) is 213 Å². The summed E-state index contributed by atoms with van der Waals surface area (Å²) in [6.45, 7) is 6.04. The number of carbonyl (C=O) groups excluding carboxylic acids is 1. The number of carbonyl (C=O) groups is 3. The number of aromatic nitrogens is 2. The molecule has 2 aromatic rings. The fraction of sp³-hybridized carbons (Fsp3) is 0.571. The zero-order chi connectivity index (χ0) is 35.8. The predicted octanol–water partition coefficient (Wildman–Crippen LogP) is 4.35. The number of aliphatic carboxylic acids is 2. The van der Waals surface area contributed by atoms with Crippen molar-refractivity contribution in [3.63, 3.8) is 0 Å². The van der Waals surface area contributed by atoms with Crippen LogP contribution < -0.4 is 21.7 Å². The van der Waals surface area contributed by atoms with Crippen molar-refractivity contribution in [3.8, 4) is 0 Å². The van der Waals surface area contributed by atoms with Crippen molar-refractivity contribution in [1.29, 1.82) is 5.41 Å². The van der Waals surface area contributed by atoms with Crippen LogP contribution in [0.1, 0.15) is 68.1 Å². The van der Waals surface area contributed by atoms with E-state index < -0.39 is 24.3 Å². The quantitative estimate of drug-likeness (QED) is 0.0766. The highest BCUT2D eigenvalue weighted by Gasteiger charge is 2.39. The number of rotatable bonds is 11. The third-order valence-corrected chi connectivity index (χ3v) is 6.36. The van der Waals surface area contributed by atoms with Gasteiger partial charge in [-0.3, -0.25) is 10.2 Å². The number of aryl methyl sites for hydroxylation is 1. The third-order valence-electron chi connectivity index (χ3n) is 6.36. The van der Waals surface area contributed by atoms with Crippen molar-refractivity contribution in [2.45, 2.75) is 83.2 Å². The molecule has 264 valence electrons. The number of fused-ring (bicyclic) bond motifs is 1. The lowest BCUT2D eigenvalue weighted by Crippen LogP contribution is -2.50. The molecule has 1 saturated carbocycles. The molecule has 0 spiro atoms. The summed E-state index contributed by atoms with van der Waals surface area (Å²) >= 11 is 0. The Labute approximate surface area is 266 Å². The summed E-state index contributed by atoms with van der Waals surface area (Å²) in [6.07, 6.45) is -3.23. The largest absolute Gasteiger partial charge is 0.490 e. The van der Waals surface area contributed by atoms with E-state index in [9.17, 15) is 31.1 Å². The van der Waals surface area contributed by atoms with E-state index in [1.54, 1.807) is 0 Å². The monoisotopic (exact) mass is 683 g/mol. The van der Waals surface area contributed by atoms with Crippen LogP contribution in [0, 0.1) is 12.3 Å². The maximum Gasteiger partial charge on any atom is 0.490 e. The number of carboxylic acids is 2. The number of nitrogens with two attached hydrogens (primary N) is 1. The molecule has 1 aromatic carbocycles. The molecule has 1 aliphatic rings. The lowest BCUT2D eigenvalue weighted by atomic mass is 9.90. The van der Waals surface area contributed by atoms with Crippen molar-refractivity contribution < 1.29 is 55.7 Å². The van der Waals surface area contributed by atoms with Gasteiger partial charge in [-0.25, -0.2) is 19.6 Å². The van der Waals surface area contributed by atoms with Crippen molar-refractivity contribution in [3.05, 3.63) is 29.6 Å². The van der Waals surface area contributed by atoms with Gasteiger partial charge in [0.25, 0.3) is 5.91 Å². The van der Waals surface area contributed by atoms with Gasteiger partial charge in [0.1, 0.15) is 5.82 Å². The Morgan fingerprint density at radius 1 is 0.979 bits per heavy atom. The van der Waals surface area contributed by atoms with Crippen LogP contribution in [0.25, 0.3) is 10.9 Å². The standard InChI is InChI=1S/C24H37N7O2.2C2HF3O2/c1-3-4-13-33-14-7-12-27-23(32)22-28-18-11-10-16(2)15-17(18)21(31-22)29-19-8-5-6-9-20(19)30-24(25)26;2*3-2(4,5)1(6)7/h10-11,15,19-20H,3-9,12-14H2,1-2H3,(H,27,32)(H4,25,26,30)(H,28,29,31);2*(H,6,7). The molecule has 13 nitrogen and oxygen atoms in total. The van der Waals surface area contributed by atoms with Crippen LogP contribution in [-0.2, 0) is 14.3 Å². The highest BCUT2D eigenvalue weighted by atomic mass is 19.4. The molecule has 1 amide bonds. The summed E-state index contributed by atoms with van der Waals surface area (Å²) in [5, 5.41) is 32.3. The molecule has 47 heavy (non-hydrogen) atoms. The summed E-state index contributed by atoms with van der Waals surface area (Å²) in [5.74, 6) is -5.06. The first kappa shape index (κ1) is 40.6.